The molecule has 4 heteroatoms. The molecule has 1 fully saturated rings. The second-order valence-corrected chi connectivity index (χ2v) is 8.03. The Labute approximate surface area is 101 Å². The predicted octanol–water partition coefficient (Wildman–Crippen LogP) is 2.66. The molecule has 0 aromatic heterocycles. The standard InChI is InChI=1S/C12H27NO2Si/c1-4-14-16(3,15-5-2)11-7-9-12-8-6-10-13-12/h12-13H,4-11H2,1-3H3. The highest BCUT2D eigenvalue weighted by atomic mass is 28.4. The van der Waals surface area contributed by atoms with Crippen LogP contribution in [0.3, 0.4) is 0 Å². The zero-order valence-electron chi connectivity index (χ0n) is 11.1. The third kappa shape index (κ3) is 4.95. The summed E-state index contributed by atoms with van der Waals surface area (Å²) < 4.78 is 11.7. The highest BCUT2D eigenvalue weighted by Gasteiger charge is 2.30. The van der Waals surface area contributed by atoms with Crippen molar-refractivity contribution in [2.75, 3.05) is 19.8 Å². The van der Waals surface area contributed by atoms with Gasteiger partial charge in [0, 0.05) is 19.3 Å². The number of rotatable bonds is 8. The van der Waals surface area contributed by atoms with Crippen molar-refractivity contribution in [3.05, 3.63) is 0 Å². The van der Waals surface area contributed by atoms with Crippen LogP contribution >= 0.6 is 0 Å². The molecule has 1 aliphatic heterocycles. The second-order valence-electron chi connectivity index (χ2n) is 4.69. The van der Waals surface area contributed by atoms with Crippen molar-refractivity contribution >= 4 is 8.56 Å². The maximum atomic E-state index is 5.83. The van der Waals surface area contributed by atoms with Gasteiger partial charge in [0.1, 0.15) is 0 Å². The SMILES string of the molecule is CCO[Si](C)(CCCC1CCCN1)OCC. The Morgan fingerprint density at radius 3 is 2.44 bits per heavy atom. The van der Waals surface area contributed by atoms with Crippen LogP contribution in [0.1, 0.15) is 39.5 Å². The van der Waals surface area contributed by atoms with Gasteiger partial charge in [-0.1, -0.05) is 0 Å². The molecule has 1 atom stereocenters. The van der Waals surface area contributed by atoms with Gasteiger partial charge in [0.15, 0.2) is 0 Å². The normalized spacial score (nSPS) is 21.6. The van der Waals surface area contributed by atoms with E-state index in [1.165, 1.54) is 32.2 Å². The Morgan fingerprint density at radius 2 is 1.94 bits per heavy atom. The van der Waals surface area contributed by atoms with Crippen LogP contribution in [-0.2, 0) is 8.85 Å². The van der Waals surface area contributed by atoms with E-state index in [2.05, 4.69) is 25.7 Å². The van der Waals surface area contributed by atoms with Gasteiger partial charge in [0.25, 0.3) is 0 Å². The number of hydrogen-bond acceptors (Lipinski definition) is 3. The van der Waals surface area contributed by atoms with Crippen molar-refractivity contribution in [3.63, 3.8) is 0 Å². The van der Waals surface area contributed by atoms with E-state index >= 15 is 0 Å². The summed E-state index contributed by atoms with van der Waals surface area (Å²) >= 11 is 0. The first kappa shape index (κ1) is 14.2. The lowest BCUT2D eigenvalue weighted by atomic mass is 10.1. The maximum Gasteiger partial charge on any atom is 0.334 e. The van der Waals surface area contributed by atoms with Crippen molar-refractivity contribution in [1.82, 2.24) is 5.32 Å². The second kappa shape index (κ2) is 7.43. The molecule has 1 aliphatic rings. The van der Waals surface area contributed by atoms with Crippen molar-refractivity contribution < 1.29 is 8.85 Å². The Morgan fingerprint density at radius 1 is 1.25 bits per heavy atom. The van der Waals surface area contributed by atoms with Gasteiger partial charge in [-0.15, -0.1) is 0 Å². The molecule has 0 aromatic carbocycles. The molecule has 0 spiro atoms. The molecular weight excluding hydrogens is 218 g/mol. The third-order valence-corrected chi connectivity index (χ3v) is 6.31. The van der Waals surface area contributed by atoms with Crippen LogP contribution in [0.2, 0.25) is 12.6 Å². The summed E-state index contributed by atoms with van der Waals surface area (Å²) in [5.41, 5.74) is 0. The third-order valence-electron chi connectivity index (χ3n) is 3.25. The molecule has 1 heterocycles. The lowest BCUT2D eigenvalue weighted by Crippen LogP contribution is -2.39. The van der Waals surface area contributed by atoms with E-state index < -0.39 is 8.56 Å². The van der Waals surface area contributed by atoms with Gasteiger partial charge in [-0.2, -0.15) is 0 Å². The van der Waals surface area contributed by atoms with Crippen molar-refractivity contribution in [3.8, 4) is 0 Å². The lowest BCUT2D eigenvalue weighted by molar-refractivity contribution is 0.188. The Balaban J connectivity index is 2.20. The Bertz CT molecular complexity index is 178. The Hall–Kier alpha value is 0.0969. The summed E-state index contributed by atoms with van der Waals surface area (Å²) in [6.07, 6.45) is 5.21. The number of nitrogens with one attached hydrogen (secondary N) is 1. The molecule has 0 saturated carbocycles. The first-order valence-corrected chi connectivity index (χ1v) is 9.24. The van der Waals surface area contributed by atoms with Crippen LogP contribution in [-0.4, -0.2) is 34.4 Å². The average Bonchev–Trinajstić information content (AvgIpc) is 2.71. The van der Waals surface area contributed by atoms with E-state index in [0.717, 1.165) is 25.3 Å². The summed E-state index contributed by atoms with van der Waals surface area (Å²) in [4.78, 5) is 0. The van der Waals surface area contributed by atoms with E-state index in [0.29, 0.717) is 0 Å². The van der Waals surface area contributed by atoms with E-state index in [-0.39, 0.29) is 0 Å². The largest absolute Gasteiger partial charge is 0.395 e. The van der Waals surface area contributed by atoms with Crippen LogP contribution in [0.5, 0.6) is 0 Å². The summed E-state index contributed by atoms with van der Waals surface area (Å²) in [5.74, 6) is 0. The first-order valence-electron chi connectivity index (χ1n) is 6.71. The summed E-state index contributed by atoms with van der Waals surface area (Å²) in [6.45, 7) is 9.08. The van der Waals surface area contributed by atoms with Gasteiger partial charge in [0.2, 0.25) is 0 Å². The molecular formula is C12H27NO2Si. The molecule has 0 bridgehead atoms. The van der Waals surface area contributed by atoms with E-state index in [1.54, 1.807) is 0 Å². The summed E-state index contributed by atoms with van der Waals surface area (Å²) in [6, 6.07) is 1.88. The summed E-state index contributed by atoms with van der Waals surface area (Å²) in [5, 5.41) is 3.54. The van der Waals surface area contributed by atoms with Gasteiger partial charge in [-0.05, 0) is 58.7 Å². The molecule has 0 radical (unpaired) electrons. The Kier molecular flexibility index (Phi) is 6.57. The van der Waals surface area contributed by atoms with Crippen LogP contribution < -0.4 is 5.32 Å². The van der Waals surface area contributed by atoms with Gasteiger partial charge >= 0.3 is 8.56 Å². The van der Waals surface area contributed by atoms with Crippen molar-refractivity contribution in [1.29, 1.82) is 0 Å². The topological polar surface area (TPSA) is 30.5 Å². The zero-order chi connectivity index (χ0) is 11.9. The van der Waals surface area contributed by atoms with Crippen LogP contribution in [0.25, 0.3) is 0 Å². The molecule has 3 nitrogen and oxygen atoms in total. The predicted molar refractivity (Wildman–Crippen MR) is 69.9 cm³/mol. The summed E-state index contributed by atoms with van der Waals surface area (Å²) in [7, 11) is -1.85. The van der Waals surface area contributed by atoms with Crippen LogP contribution in [0.4, 0.5) is 0 Å². The molecule has 0 amide bonds. The first-order chi connectivity index (χ1) is 7.70. The fraction of sp³-hybridized carbons (Fsp3) is 1.00. The smallest absolute Gasteiger partial charge is 0.334 e. The molecule has 0 aliphatic carbocycles. The fourth-order valence-electron chi connectivity index (χ4n) is 2.47. The van der Waals surface area contributed by atoms with Gasteiger partial charge in [0.05, 0.1) is 0 Å². The van der Waals surface area contributed by atoms with Gasteiger partial charge in [-0.3, -0.25) is 0 Å². The van der Waals surface area contributed by atoms with Crippen molar-refractivity contribution in [2.45, 2.75) is 58.2 Å². The average molecular weight is 245 g/mol. The molecule has 1 N–H and O–H groups in total. The molecule has 16 heavy (non-hydrogen) atoms. The monoisotopic (exact) mass is 245 g/mol. The quantitative estimate of drug-likeness (QED) is 0.667. The highest BCUT2D eigenvalue weighted by Crippen LogP contribution is 2.20. The molecule has 1 saturated heterocycles. The minimum Gasteiger partial charge on any atom is -0.395 e. The minimum atomic E-state index is -1.85. The van der Waals surface area contributed by atoms with E-state index in [1.807, 2.05) is 0 Å². The molecule has 1 unspecified atom stereocenters. The van der Waals surface area contributed by atoms with Gasteiger partial charge in [-0.25, -0.2) is 0 Å². The lowest BCUT2D eigenvalue weighted by Gasteiger charge is -2.26. The van der Waals surface area contributed by atoms with Crippen LogP contribution in [0, 0.1) is 0 Å². The fourth-order valence-corrected chi connectivity index (χ4v) is 4.91. The van der Waals surface area contributed by atoms with Gasteiger partial charge < -0.3 is 14.2 Å². The number of hydrogen-bond donors (Lipinski definition) is 1. The van der Waals surface area contributed by atoms with Crippen LogP contribution in [0.15, 0.2) is 0 Å². The molecule has 1 rings (SSSR count). The van der Waals surface area contributed by atoms with E-state index in [4.69, 9.17) is 8.85 Å². The molecule has 96 valence electrons. The van der Waals surface area contributed by atoms with Crippen molar-refractivity contribution in [2.24, 2.45) is 0 Å². The highest BCUT2D eigenvalue weighted by molar-refractivity contribution is 6.66. The maximum absolute atomic E-state index is 5.83. The minimum absolute atomic E-state index is 0.751. The molecule has 0 aromatic rings. The zero-order valence-corrected chi connectivity index (χ0v) is 12.1. The van der Waals surface area contributed by atoms with E-state index in [9.17, 15) is 0 Å².